The zero-order chi connectivity index (χ0) is 21.6. The summed E-state index contributed by atoms with van der Waals surface area (Å²) in [6.07, 6.45) is 1.06. The van der Waals surface area contributed by atoms with Crippen LogP contribution in [0.1, 0.15) is 47.2 Å². The van der Waals surface area contributed by atoms with Crippen molar-refractivity contribution in [3.63, 3.8) is 0 Å². The lowest BCUT2D eigenvalue weighted by molar-refractivity contribution is -0.141. The van der Waals surface area contributed by atoms with Crippen LogP contribution in [-0.2, 0) is 23.2 Å². The topological polar surface area (TPSA) is 86.3 Å². The predicted molar refractivity (Wildman–Crippen MR) is 117 cm³/mol. The number of carbonyl (C=O) groups excluding carboxylic acids is 1. The van der Waals surface area contributed by atoms with Crippen molar-refractivity contribution in [2.24, 2.45) is 0 Å². The summed E-state index contributed by atoms with van der Waals surface area (Å²) in [6.45, 7) is 0.532. The Morgan fingerprint density at radius 2 is 1.94 bits per heavy atom. The molecule has 158 valence electrons. The Bertz CT molecular complexity index is 1200. The Labute approximate surface area is 184 Å². The van der Waals surface area contributed by atoms with Crippen molar-refractivity contribution in [1.82, 2.24) is 14.9 Å². The summed E-state index contributed by atoms with van der Waals surface area (Å²) in [6, 6.07) is 16.7. The second-order valence-electron chi connectivity index (χ2n) is 8.26. The number of benzene rings is 2. The molecule has 1 atom stereocenters. The van der Waals surface area contributed by atoms with Crippen LogP contribution in [0, 0.1) is 0 Å². The molecule has 1 amide bonds. The number of H-pyrrole nitrogens is 1. The van der Waals surface area contributed by atoms with E-state index < -0.39 is 12.0 Å². The van der Waals surface area contributed by atoms with Crippen LogP contribution in [-0.4, -0.2) is 32.4 Å². The standard InChI is InChI=1S/C24H22ClN3O3/c25-17-8-4-5-15(13-17)20(29)22(31)28-12-9-19-18(14-28)21(30)27-23(26-19)24(10-11-24)16-6-2-1-3-7-16/h1-8,13,20,29H,9-12,14H2,(H,26,27,30)/t20-/m1/s1. The average Bonchev–Trinajstić information content (AvgIpc) is 3.61. The number of amides is 1. The highest BCUT2D eigenvalue weighted by molar-refractivity contribution is 6.30. The molecular weight excluding hydrogens is 414 g/mol. The van der Waals surface area contributed by atoms with Gasteiger partial charge in [-0.1, -0.05) is 54.1 Å². The number of hydrogen-bond donors (Lipinski definition) is 2. The van der Waals surface area contributed by atoms with Crippen LogP contribution in [0.3, 0.4) is 0 Å². The van der Waals surface area contributed by atoms with Crippen LogP contribution < -0.4 is 5.56 Å². The fourth-order valence-electron chi connectivity index (χ4n) is 4.38. The molecule has 0 spiro atoms. The number of carbonyl (C=O) groups is 1. The quantitative estimate of drug-likeness (QED) is 0.659. The molecule has 1 saturated carbocycles. The fourth-order valence-corrected chi connectivity index (χ4v) is 4.58. The molecule has 0 saturated heterocycles. The molecule has 3 aromatic rings. The Kier molecular flexibility index (Phi) is 4.91. The van der Waals surface area contributed by atoms with E-state index in [9.17, 15) is 14.7 Å². The Balaban J connectivity index is 1.40. The first-order valence-electron chi connectivity index (χ1n) is 10.4. The third-order valence-electron chi connectivity index (χ3n) is 6.31. The summed E-state index contributed by atoms with van der Waals surface area (Å²) in [5.74, 6) is 0.264. The summed E-state index contributed by atoms with van der Waals surface area (Å²) < 4.78 is 0. The van der Waals surface area contributed by atoms with E-state index in [-0.39, 0.29) is 17.5 Å². The maximum absolute atomic E-state index is 12.9. The number of aliphatic hydroxyl groups excluding tert-OH is 1. The van der Waals surface area contributed by atoms with Gasteiger partial charge < -0.3 is 15.0 Å². The minimum absolute atomic E-state index is 0.132. The second-order valence-corrected chi connectivity index (χ2v) is 8.69. The molecule has 0 radical (unpaired) electrons. The van der Waals surface area contributed by atoms with Gasteiger partial charge in [0.1, 0.15) is 5.82 Å². The van der Waals surface area contributed by atoms with Gasteiger partial charge in [0, 0.05) is 18.0 Å². The van der Waals surface area contributed by atoms with Crippen molar-refractivity contribution >= 4 is 17.5 Å². The number of nitrogens with one attached hydrogen (secondary N) is 1. The van der Waals surface area contributed by atoms with Gasteiger partial charge in [0.15, 0.2) is 6.10 Å². The third kappa shape index (κ3) is 3.56. The fraction of sp³-hybridized carbons (Fsp3) is 0.292. The molecule has 1 fully saturated rings. The van der Waals surface area contributed by atoms with E-state index in [2.05, 4.69) is 17.1 Å². The van der Waals surface area contributed by atoms with Crippen molar-refractivity contribution in [3.8, 4) is 0 Å². The van der Waals surface area contributed by atoms with Crippen LogP contribution in [0.2, 0.25) is 5.02 Å². The maximum Gasteiger partial charge on any atom is 0.256 e. The summed E-state index contributed by atoms with van der Waals surface area (Å²) in [4.78, 5) is 35.1. The first kappa shape index (κ1) is 20.0. The highest BCUT2D eigenvalue weighted by Gasteiger charge is 2.48. The number of hydrogen-bond acceptors (Lipinski definition) is 4. The van der Waals surface area contributed by atoms with Crippen LogP contribution >= 0.6 is 11.6 Å². The zero-order valence-electron chi connectivity index (χ0n) is 16.8. The monoisotopic (exact) mass is 435 g/mol. The number of aliphatic hydroxyl groups is 1. The number of aromatic amines is 1. The maximum atomic E-state index is 12.9. The van der Waals surface area contributed by atoms with Crippen LogP contribution in [0.5, 0.6) is 0 Å². The highest BCUT2D eigenvalue weighted by atomic mass is 35.5. The molecule has 1 aliphatic carbocycles. The van der Waals surface area contributed by atoms with E-state index in [0.29, 0.717) is 34.9 Å². The smallest absolute Gasteiger partial charge is 0.256 e. The lowest BCUT2D eigenvalue weighted by Gasteiger charge is -2.30. The largest absolute Gasteiger partial charge is 0.378 e. The minimum atomic E-state index is -1.32. The van der Waals surface area contributed by atoms with Gasteiger partial charge in [0.25, 0.3) is 11.5 Å². The van der Waals surface area contributed by atoms with Gasteiger partial charge in [-0.05, 0) is 36.1 Å². The van der Waals surface area contributed by atoms with E-state index in [1.807, 2.05) is 18.2 Å². The lowest BCUT2D eigenvalue weighted by atomic mass is 9.94. The third-order valence-corrected chi connectivity index (χ3v) is 6.54. The van der Waals surface area contributed by atoms with Gasteiger partial charge in [-0.3, -0.25) is 9.59 Å². The molecule has 2 heterocycles. The molecule has 5 rings (SSSR count). The van der Waals surface area contributed by atoms with Crippen molar-refractivity contribution < 1.29 is 9.90 Å². The number of aromatic nitrogens is 2. The molecule has 0 unspecified atom stereocenters. The van der Waals surface area contributed by atoms with Gasteiger partial charge in [-0.25, -0.2) is 4.98 Å². The Hall–Kier alpha value is -2.96. The number of nitrogens with zero attached hydrogens (tertiary/aromatic N) is 2. The Morgan fingerprint density at radius 3 is 2.65 bits per heavy atom. The van der Waals surface area contributed by atoms with Gasteiger partial charge in [0.2, 0.25) is 0 Å². The molecule has 2 N–H and O–H groups in total. The van der Waals surface area contributed by atoms with E-state index >= 15 is 0 Å². The minimum Gasteiger partial charge on any atom is -0.378 e. The van der Waals surface area contributed by atoms with Gasteiger partial charge in [-0.15, -0.1) is 0 Å². The van der Waals surface area contributed by atoms with Crippen molar-refractivity contribution in [2.45, 2.75) is 37.3 Å². The van der Waals surface area contributed by atoms with Gasteiger partial charge in [0.05, 0.1) is 23.2 Å². The summed E-state index contributed by atoms with van der Waals surface area (Å²) in [7, 11) is 0. The first-order chi connectivity index (χ1) is 15.0. The molecule has 7 heteroatoms. The normalized spacial score (nSPS) is 17.7. The second kappa shape index (κ2) is 7.62. The van der Waals surface area contributed by atoms with E-state index in [4.69, 9.17) is 16.6 Å². The number of rotatable bonds is 4. The Morgan fingerprint density at radius 1 is 1.16 bits per heavy atom. The zero-order valence-corrected chi connectivity index (χ0v) is 17.6. The molecule has 31 heavy (non-hydrogen) atoms. The molecule has 1 aromatic heterocycles. The molecule has 0 bridgehead atoms. The van der Waals surface area contributed by atoms with Crippen molar-refractivity contribution in [1.29, 1.82) is 0 Å². The first-order valence-corrected chi connectivity index (χ1v) is 10.8. The summed E-state index contributed by atoms with van der Waals surface area (Å²) in [5.41, 5.74) is 2.40. The van der Waals surface area contributed by atoms with E-state index in [0.717, 1.165) is 24.1 Å². The van der Waals surface area contributed by atoms with E-state index in [1.54, 1.807) is 24.3 Å². The van der Waals surface area contributed by atoms with Crippen molar-refractivity contribution in [3.05, 3.63) is 98.2 Å². The van der Waals surface area contributed by atoms with Crippen LogP contribution in [0.25, 0.3) is 0 Å². The average molecular weight is 436 g/mol. The lowest BCUT2D eigenvalue weighted by Crippen LogP contribution is -2.42. The SMILES string of the molecule is O=C([C@H](O)c1cccc(Cl)c1)N1CCc2nc(C3(c4ccccc4)CC3)[nH]c(=O)c2C1. The predicted octanol–water partition coefficient (Wildman–Crippen LogP) is 3.12. The highest BCUT2D eigenvalue weighted by Crippen LogP contribution is 2.51. The van der Waals surface area contributed by atoms with Crippen molar-refractivity contribution in [2.75, 3.05) is 6.54 Å². The van der Waals surface area contributed by atoms with E-state index in [1.165, 1.54) is 4.90 Å². The molecular formula is C24H22ClN3O3. The summed E-state index contributed by atoms with van der Waals surface area (Å²) >= 11 is 5.98. The summed E-state index contributed by atoms with van der Waals surface area (Å²) in [5, 5.41) is 11.0. The molecule has 1 aliphatic heterocycles. The molecule has 2 aliphatic rings. The van der Waals surface area contributed by atoms with Gasteiger partial charge >= 0.3 is 0 Å². The van der Waals surface area contributed by atoms with Gasteiger partial charge in [-0.2, -0.15) is 0 Å². The molecule has 6 nitrogen and oxygen atoms in total. The number of halogens is 1. The van der Waals surface area contributed by atoms with Crippen LogP contribution in [0.4, 0.5) is 0 Å². The molecule has 2 aromatic carbocycles. The van der Waals surface area contributed by atoms with Crippen LogP contribution in [0.15, 0.2) is 59.4 Å². The number of fused-ring (bicyclic) bond motifs is 1.